The Morgan fingerprint density at radius 2 is 1.86 bits per heavy atom. The van der Waals surface area contributed by atoms with Crippen LogP contribution >= 0.6 is 0 Å². The zero-order valence-corrected chi connectivity index (χ0v) is 13.7. The van der Waals surface area contributed by atoms with Gasteiger partial charge in [0.25, 0.3) is 0 Å². The number of nitrogens with zero attached hydrogens (tertiary/aromatic N) is 1. The zero-order chi connectivity index (χ0) is 15.3. The minimum atomic E-state index is -3.41. The van der Waals surface area contributed by atoms with Crippen molar-refractivity contribution in [2.75, 3.05) is 13.2 Å². The molecular weight excluding hydrogens is 286 g/mol. The highest BCUT2D eigenvalue weighted by atomic mass is 32.2. The predicted molar refractivity (Wildman–Crippen MR) is 81.6 cm³/mol. The summed E-state index contributed by atoms with van der Waals surface area (Å²) < 4.78 is 33.1. The molecule has 0 radical (unpaired) electrons. The van der Waals surface area contributed by atoms with Crippen LogP contribution in [0.15, 0.2) is 29.2 Å². The lowest BCUT2D eigenvalue weighted by Gasteiger charge is -2.23. The minimum absolute atomic E-state index is 0.0105. The molecule has 1 aromatic carbocycles. The van der Waals surface area contributed by atoms with Crippen molar-refractivity contribution in [2.24, 2.45) is 5.41 Å². The quantitative estimate of drug-likeness (QED) is 0.843. The molecule has 5 heteroatoms. The first-order valence-corrected chi connectivity index (χ1v) is 8.97. The molecule has 21 heavy (non-hydrogen) atoms. The number of hydrogen-bond acceptors (Lipinski definition) is 3. The Hall–Kier alpha value is -0.910. The molecule has 0 bridgehead atoms. The summed E-state index contributed by atoms with van der Waals surface area (Å²) in [6.45, 7) is 7.29. The lowest BCUT2D eigenvalue weighted by molar-refractivity contribution is 0.108. The van der Waals surface area contributed by atoms with Gasteiger partial charge >= 0.3 is 0 Å². The fourth-order valence-electron chi connectivity index (χ4n) is 3.75. The van der Waals surface area contributed by atoms with Crippen molar-refractivity contribution in [1.29, 1.82) is 0 Å². The van der Waals surface area contributed by atoms with Crippen LogP contribution in [0.3, 0.4) is 0 Å². The Morgan fingerprint density at radius 3 is 2.43 bits per heavy atom. The summed E-state index contributed by atoms with van der Waals surface area (Å²) in [5, 5.41) is 0. The highest BCUT2D eigenvalue weighted by Gasteiger charge is 2.50. The van der Waals surface area contributed by atoms with Crippen molar-refractivity contribution in [2.45, 2.75) is 50.7 Å². The molecule has 0 aromatic heterocycles. The van der Waals surface area contributed by atoms with Crippen LogP contribution in [-0.2, 0) is 14.8 Å². The molecule has 3 rings (SSSR count). The van der Waals surface area contributed by atoms with Gasteiger partial charge in [0.15, 0.2) is 0 Å². The van der Waals surface area contributed by atoms with Gasteiger partial charge in [0.05, 0.1) is 17.6 Å². The van der Waals surface area contributed by atoms with Gasteiger partial charge in [-0.2, -0.15) is 4.31 Å². The number of hydrogen-bond donors (Lipinski definition) is 0. The Balaban J connectivity index is 1.88. The average molecular weight is 309 g/mol. The highest BCUT2D eigenvalue weighted by molar-refractivity contribution is 7.89. The fraction of sp³-hybridized carbons (Fsp3) is 0.625. The van der Waals surface area contributed by atoms with E-state index < -0.39 is 10.0 Å². The molecule has 2 heterocycles. The van der Waals surface area contributed by atoms with E-state index in [9.17, 15) is 8.42 Å². The summed E-state index contributed by atoms with van der Waals surface area (Å²) in [4.78, 5) is 0.393. The van der Waals surface area contributed by atoms with E-state index in [2.05, 4.69) is 6.92 Å². The number of benzene rings is 1. The SMILES string of the molecule is Cc1ccc(S(=O)(=O)N2CC3(COC(C)C3)CC2C)cc1. The monoisotopic (exact) mass is 309 g/mol. The van der Waals surface area contributed by atoms with Crippen molar-refractivity contribution < 1.29 is 13.2 Å². The first-order chi connectivity index (χ1) is 9.82. The molecule has 1 aromatic rings. The third-order valence-electron chi connectivity index (χ3n) is 4.73. The summed E-state index contributed by atoms with van der Waals surface area (Å²) in [7, 11) is -3.41. The van der Waals surface area contributed by atoms with Gasteiger partial charge in [-0.15, -0.1) is 0 Å². The summed E-state index contributed by atoms with van der Waals surface area (Å²) in [6.07, 6.45) is 2.08. The second kappa shape index (κ2) is 5.07. The van der Waals surface area contributed by atoms with E-state index in [1.54, 1.807) is 16.4 Å². The van der Waals surface area contributed by atoms with E-state index in [-0.39, 0.29) is 17.6 Å². The summed E-state index contributed by atoms with van der Waals surface area (Å²) >= 11 is 0. The summed E-state index contributed by atoms with van der Waals surface area (Å²) in [5.41, 5.74) is 1.08. The number of sulfonamides is 1. The van der Waals surface area contributed by atoms with Gasteiger partial charge in [0.1, 0.15) is 0 Å². The highest BCUT2D eigenvalue weighted by Crippen LogP contribution is 2.45. The van der Waals surface area contributed by atoms with Gasteiger partial charge in [-0.3, -0.25) is 0 Å². The van der Waals surface area contributed by atoms with Gasteiger partial charge in [-0.1, -0.05) is 17.7 Å². The maximum absolute atomic E-state index is 12.9. The van der Waals surface area contributed by atoms with E-state index in [1.807, 2.05) is 26.0 Å². The average Bonchev–Trinajstić information content (AvgIpc) is 2.93. The Bertz CT molecular complexity index is 625. The molecule has 0 aliphatic carbocycles. The van der Waals surface area contributed by atoms with Crippen LogP contribution in [0.25, 0.3) is 0 Å². The van der Waals surface area contributed by atoms with Crippen molar-refractivity contribution >= 4 is 10.0 Å². The van der Waals surface area contributed by atoms with Gasteiger partial charge in [0.2, 0.25) is 10.0 Å². The van der Waals surface area contributed by atoms with E-state index in [0.29, 0.717) is 18.0 Å². The van der Waals surface area contributed by atoms with Crippen LogP contribution in [0.1, 0.15) is 32.3 Å². The lowest BCUT2D eigenvalue weighted by atomic mass is 9.84. The van der Waals surface area contributed by atoms with Gasteiger partial charge in [0, 0.05) is 18.0 Å². The maximum atomic E-state index is 12.9. The van der Waals surface area contributed by atoms with Crippen LogP contribution in [-0.4, -0.2) is 38.0 Å². The van der Waals surface area contributed by atoms with Crippen molar-refractivity contribution in [1.82, 2.24) is 4.31 Å². The van der Waals surface area contributed by atoms with E-state index in [0.717, 1.165) is 18.4 Å². The van der Waals surface area contributed by atoms with E-state index >= 15 is 0 Å². The third-order valence-corrected chi connectivity index (χ3v) is 6.71. The van der Waals surface area contributed by atoms with Crippen LogP contribution in [0.5, 0.6) is 0 Å². The smallest absolute Gasteiger partial charge is 0.243 e. The van der Waals surface area contributed by atoms with E-state index in [4.69, 9.17) is 4.74 Å². The molecule has 0 saturated carbocycles. The van der Waals surface area contributed by atoms with Crippen LogP contribution in [0.2, 0.25) is 0 Å². The molecule has 116 valence electrons. The molecule has 2 fully saturated rings. The Kier molecular flexibility index (Phi) is 3.62. The topological polar surface area (TPSA) is 46.6 Å². The first kappa shape index (κ1) is 15.0. The molecule has 4 nitrogen and oxygen atoms in total. The predicted octanol–water partition coefficient (Wildman–Crippen LogP) is 2.57. The molecule has 2 saturated heterocycles. The van der Waals surface area contributed by atoms with Crippen LogP contribution in [0, 0.1) is 12.3 Å². The molecule has 0 N–H and O–H groups in total. The van der Waals surface area contributed by atoms with Gasteiger partial charge in [-0.25, -0.2) is 8.42 Å². The molecule has 1 spiro atoms. The molecule has 0 amide bonds. The first-order valence-electron chi connectivity index (χ1n) is 7.53. The Labute approximate surface area is 127 Å². The number of aryl methyl sites for hydroxylation is 1. The van der Waals surface area contributed by atoms with Crippen molar-refractivity contribution in [3.8, 4) is 0 Å². The molecule has 2 aliphatic heterocycles. The zero-order valence-electron chi connectivity index (χ0n) is 12.9. The maximum Gasteiger partial charge on any atom is 0.243 e. The standard InChI is InChI=1S/C16H23NO3S/c1-12-4-6-15(7-5-12)21(18,19)17-10-16(8-13(17)2)9-14(3)20-11-16/h4-7,13-14H,8-11H2,1-3H3. The van der Waals surface area contributed by atoms with Crippen molar-refractivity contribution in [3.63, 3.8) is 0 Å². The second-order valence-electron chi connectivity index (χ2n) is 6.74. The third kappa shape index (κ3) is 2.62. The largest absolute Gasteiger partial charge is 0.378 e. The fourth-order valence-corrected chi connectivity index (χ4v) is 5.49. The van der Waals surface area contributed by atoms with Crippen LogP contribution in [0.4, 0.5) is 0 Å². The van der Waals surface area contributed by atoms with Crippen molar-refractivity contribution in [3.05, 3.63) is 29.8 Å². The lowest BCUT2D eigenvalue weighted by Crippen LogP contribution is -2.35. The van der Waals surface area contributed by atoms with Crippen LogP contribution < -0.4 is 0 Å². The summed E-state index contributed by atoms with van der Waals surface area (Å²) in [5.74, 6) is 0. The van der Waals surface area contributed by atoms with E-state index in [1.165, 1.54) is 0 Å². The second-order valence-corrected chi connectivity index (χ2v) is 8.63. The molecule has 2 aliphatic rings. The molecule has 3 atom stereocenters. The number of ether oxygens (including phenoxy) is 1. The normalized spacial score (nSPS) is 33.9. The Morgan fingerprint density at radius 1 is 1.19 bits per heavy atom. The van der Waals surface area contributed by atoms with Gasteiger partial charge in [-0.05, 0) is 45.7 Å². The number of rotatable bonds is 2. The van der Waals surface area contributed by atoms with Gasteiger partial charge < -0.3 is 4.74 Å². The molecular formula is C16H23NO3S. The molecule has 3 unspecified atom stereocenters. The summed E-state index contributed by atoms with van der Waals surface area (Å²) in [6, 6.07) is 7.14. The minimum Gasteiger partial charge on any atom is -0.378 e.